The van der Waals surface area contributed by atoms with Gasteiger partial charge in [0.05, 0.1) is 11.8 Å². The second-order valence-corrected chi connectivity index (χ2v) is 10.3. The van der Waals surface area contributed by atoms with Gasteiger partial charge in [0, 0.05) is 28.3 Å². The largest absolute Gasteiger partial charge is 0.326 e. The molecule has 29 heavy (non-hydrogen) atoms. The van der Waals surface area contributed by atoms with E-state index in [1.807, 2.05) is 0 Å². The minimum absolute atomic E-state index is 0.00889. The zero-order chi connectivity index (χ0) is 20.7. The zero-order valence-electron chi connectivity index (χ0n) is 15.8. The fourth-order valence-electron chi connectivity index (χ4n) is 5.12. The van der Waals surface area contributed by atoms with Crippen molar-refractivity contribution in [2.45, 2.75) is 41.8 Å². The molecule has 1 aromatic rings. The molecule has 2 aliphatic carbocycles. The maximum Gasteiger partial charge on any atom is 0.233 e. The van der Waals surface area contributed by atoms with Gasteiger partial charge >= 0.3 is 0 Å². The van der Waals surface area contributed by atoms with Gasteiger partial charge in [-0.25, -0.2) is 4.39 Å². The molecule has 8 heteroatoms. The molecule has 3 fully saturated rings. The van der Waals surface area contributed by atoms with Crippen LogP contribution in [0.5, 0.6) is 0 Å². The molecule has 0 radical (unpaired) electrons. The van der Waals surface area contributed by atoms with Crippen molar-refractivity contribution in [2.24, 2.45) is 23.7 Å². The average Bonchev–Trinajstić information content (AvgIpc) is 3.29. The third kappa shape index (κ3) is 3.90. The van der Waals surface area contributed by atoms with E-state index in [4.69, 9.17) is 0 Å². The SMILES string of the molecule is O=C(CCCCCN1C(=O)[C@H]2[C@@H]3C[C@H]([C@@H](Br)[C@H]3Br)[C@@H]2C1=O)Nc1ccc(F)cc1. The molecular weight excluding hydrogens is 507 g/mol. The molecule has 1 heterocycles. The van der Waals surface area contributed by atoms with Crippen LogP contribution in [0, 0.1) is 29.5 Å². The molecule has 1 saturated heterocycles. The third-order valence-corrected chi connectivity index (χ3v) is 9.70. The number of carbonyl (C=O) groups is 3. The van der Waals surface area contributed by atoms with E-state index in [0.29, 0.717) is 31.5 Å². The molecule has 156 valence electrons. The standard InChI is InChI=1S/C21H23Br2FN2O3/c22-18-13-10-14(19(18)23)17-16(13)20(28)26(21(17)29)9-3-1-2-4-15(27)25-12-7-5-11(24)6-8-12/h5-8,13-14,16-19H,1-4,9-10H2,(H,25,27)/t13-,14-,16-,17-,18-,19+/m0/s1. The Kier molecular flexibility index (Phi) is 6.11. The van der Waals surface area contributed by atoms with E-state index >= 15 is 0 Å². The van der Waals surface area contributed by atoms with Crippen molar-refractivity contribution >= 4 is 55.3 Å². The minimum Gasteiger partial charge on any atom is -0.326 e. The van der Waals surface area contributed by atoms with E-state index in [0.717, 1.165) is 12.8 Å². The van der Waals surface area contributed by atoms with Gasteiger partial charge in [-0.3, -0.25) is 19.3 Å². The normalized spacial score (nSPS) is 32.7. The predicted molar refractivity (Wildman–Crippen MR) is 114 cm³/mol. The van der Waals surface area contributed by atoms with Gasteiger partial charge in [-0.2, -0.15) is 0 Å². The molecule has 3 aliphatic rings. The van der Waals surface area contributed by atoms with E-state index < -0.39 is 0 Å². The summed E-state index contributed by atoms with van der Waals surface area (Å²) in [5.74, 6) is -0.320. The second-order valence-electron chi connectivity index (χ2n) is 8.20. The van der Waals surface area contributed by atoms with Crippen LogP contribution in [0.3, 0.4) is 0 Å². The van der Waals surface area contributed by atoms with Crippen LogP contribution in [0.25, 0.3) is 0 Å². The van der Waals surface area contributed by atoms with E-state index in [2.05, 4.69) is 37.2 Å². The van der Waals surface area contributed by atoms with Crippen molar-refractivity contribution in [2.75, 3.05) is 11.9 Å². The number of halogens is 3. The first kappa shape index (κ1) is 21.0. The molecule has 6 atom stereocenters. The highest BCUT2D eigenvalue weighted by atomic mass is 79.9. The smallest absolute Gasteiger partial charge is 0.233 e. The fraction of sp³-hybridized carbons (Fsp3) is 0.571. The molecular formula is C21H23Br2FN2O3. The van der Waals surface area contributed by atoms with Crippen LogP contribution in [0.2, 0.25) is 0 Å². The summed E-state index contributed by atoms with van der Waals surface area (Å²) in [4.78, 5) is 39.6. The number of unbranched alkanes of at least 4 members (excludes halogenated alkanes) is 2. The van der Waals surface area contributed by atoms with Crippen LogP contribution < -0.4 is 5.32 Å². The van der Waals surface area contributed by atoms with Gasteiger partial charge in [-0.15, -0.1) is 0 Å². The van der Waals surface area contributed by atoms with Gasteiger partial charge in [0.2, 0.25) is 17.7 Å². The van der Waals surface area contributed by atoms with Crippen LogP contribution in [0.15, 0.2) is 24.3 Å². The lowest BCUT2D eigenvalue weighted by Gasteiger charge is -2.28. The van der Waals surface area contributed by atoms with Crippen molar-refractivity contribution in [1.29, 1.82) is 0 Å². The van der Waals surface area contributed by atoms with Crippen molar-refractivity contribution in [1.82, 2.24) is 4.90 Å². The Hall–Kier alpha value is -1.28. The number of amides is 3. The topological polar surface area (TPSA) is 66.5 Å². The molecule has 2 bridgehead atoms. The molecule has 0 unspecified atom stereocenters. The van der Waals surface area contributed by atoms with Crippen LogP contribution in [0.4, 0.5) is 10.1 Å². The van der Waals surface area contributed by atoms with Crippen molar-refractivity contribution in [3.05, 3.63) is 30.1 Å². The van der Waals surface area contributed by atoms with Gasteiger partial charge in [-0.05, 0) is 55.4 Å². The first-order valence-corrected chi connectivity index (χ1v) is 11.9. The highest BCUT2D eigenvalue weighted by Gasteiger charge is 2.66. The lowest BCUT2D eigenvalue weighted by molar-refractivity contribution is -0.140. The summed E-state index contributed by atoms with van der Waals surface area (Å²) in [5.41, 5.74) is 0.570. The van der Waals surface area contributed by atoms with Crippen LogP contribution in [-0.4, -0.2) is 38.8 Å². The summed E-state index contributed by atoms with van der Waals surface area (Å²) in [5, 5.41) is 2.73. The van der Waals surface area contributed by atoms with E-state index in [1.54, 1.807) is 0 Å². The summed E-state index contributed by atoms with van der Waals surface area (Å²) in [7, 11) is 0. The van der Waals surface area contributed by atoms with Crippen molar-refractivity contribution in [3.63, 3.8) is 0 Å². The first-order valence-electron chi connectivity index (χ1n) is 10.1. The molecule has 0 spiro atoms. The molecule has 4 rings (SSSR count). The monoisotopic (exact) mass is 528 g/mol. The third-order valence-electron chi connectivity index (χ3n) is 6.49. The molecule has 1 N–H and O–H groups in total. The van der Waals surface area contributed by atoms with Gasteiger partial charge in [-0.1, -0.05) is 38.3 Å². The number of anilines is 1. The van der Waals surface area contributed by atoms with Gasteiger partial charge in [0.15, 0.2) is 0 Å². The number of rotatable bonds is 7. The number of nitrogens with zero attached hydrogens (tertiary/aromatic N) is 1. The highest BCUT2D eigenvalue weighted by Crippen LogP contribution is 2.60. The number of alkyl halides is 2. The summed E-state index contributed by atoms with van der Waals surface area (Å²) in [6.45, 7) is 0.434. The summed E-state index contributed by atoms with van der Waals surface area (Å²) in [6, 6.07) is 5.65. The molecule has 2 saturated carbocycles. The van der Waals surface area contributed by atoms with Gasteiger partial charge in [0.1, 0.15) is 5.82 Å². The number of likely N-dealkylation sites (tertiary alicyclic amines) is 1. The Balaban J connectivity index is 1.20. The predicted octanol–water partition coefficient (Wildman–Crippen LogP) is 4.10. The summed E-state index contributed by atoms with van der Waals surface area (Å²) >= 11 is 7.39. The van der Waals surface area contributed by atoms with Crippen LogP contribution in [0.1, 0.15) is 32.1 Å². The number of imide groups is 1. The Morgan fingerprint density at radius 1 is 1.00 bits per heavy atom. The van der Waals surface area contributed by atoms with Crippen LogP contribution >= 0.6 is 31.9 Å². The van der Waals surface area contributed by atoms with E-state index in [-0.39, 0.29) is 56.9 Å². The Bertz CT molecular complexity index is 787. The van der Waals surface area contributed by atoms with Crippen molar-refractivity contribution in [3.8, 4) is 0 Å². The Morgan fingerprint density at radius 2 is 1.59 bits per heavy atom. The summed E-state index contributed by atoms with van der Waals surface area (Å²) < 4.78 is 12.9. The number of hydrogen-bond donors (Lipinski definition) is 1. The number of hydrogen-bond acceptors (Lipinski definition) is 3. The Morgan fingerprint density at radius 3 is 2.17 bits per heavy atom. The minimum atomic E-state index is -0.343. The fourth-order valence-corrected chi connectivity index (χ4v) is 6.99. The van der Waals surface area contributed by atoms with Crippen LogP contribution in [-0.2, 0) is 14.4 Å². The van der Waals surface area contributed by atoms with Gasteiger partial charge < -0.3 is 5.32 Å². The maximum absolute atomic E-state index is 12.9. The summed E-state index contributed by atoms with van der Waals surface area (Å²) in [6.07, 6.45) is 3.43. The lowest BCUT2D eigenvalue weighted by Crippen LogP contribution is -2.37. The lowest BCUT2D eigenvalue weighted by atomic mass is 9.81. The van der Waals surface area contributed by atoms with E-state index in [1.165, 1.54) is 29.2 Å². The molecule has 1 aromatic carbocycles. The number of nitrogens with one attached hydrogen (secondary N) is 1. The van der Waals surface area contributed by atoms with E-state index in [9.17, 15) is 18.8 Å². The maximum atomic E-state index is 12.9. The quantitative estimate of drug-likeness (QED) is 0.328. The van der Waals surface area contributed by atoms with Gasteiger partial charge in [0.25, 0.3) is 0 Å². The number of benzene rings is 1. The first-order chi connectivity index (χ1) is 13.9. The molecule has 1 aliphatic heterocycles. The number of carbonyl (C=O) groups excluding carboxylic acids is 3. The highest BCUT2D eigenvalue weighted by molar-refractivity contribution is 9.12. The number of fused-ring (bicyclic) bond motifs is 5. The second kappa shape index (κ2) is 8.46. The zero-order valence-corrected chi connectivity index (χ0v) is 19.0. The average molecular weight is 530 g/mol. The molecule has 0 aromatic heterocycles. The molecule has 3 amide bonds. The molecule has 5 nitrogen and oxygen atoms in total. The van der Waals surface area contributed by atoms with Crippen molar-refractivity contribution < 1.29 is 18.8 Å². The Labute approximate surface area is 186 Å².